The first kappa shape index (κ1) is 11.7. The smallest absolute Gasteiger partial charge is 0.338 e. The lowest BCUT2D eigenvalue weighted by atomic mass is 10.4. The number of carbonyl (C=O) groups excluding carboxylic acids is 1. The fourth-order valence-electron chi connectivity index (χ4n) is 0.814. The minimum atomic E-state index is -4.76. The molecule has 0 heterocycles. The lowest BCUT2D eigenvalue weighted by molar-refractivity contribution is -0.175. The first-order valence-electron chi connectivity index (χ1n) is 2.99. The van der Waals surface area contributed by atoms with Gasteiger partial charge in [-0.3, -0.25) is 9.36 Å². The Kier molecular flexibility index (Phi) is 3.56. The minimum Gasteiger partial charge on any atom is -0.338 e. The number of hydrogen-bond donors (Lipinski definition) is 2. The second-order valence-electron chi connectivity index (χ2n) is 2.09. The number of ketones is 1. The summed E-state index contributed by atoms with van der Waals surface area (Å²) in [6.45, 7) is 0.978. The summed E-state index contributed by atoms with van der Waals surface area (Å²) >= 11 is 0. The summed E-state index contributed by atoms with van der Waals surface area (Å²) in [6.07, 6.45) is 0. The number of carbonyl (C=O) groups is 1. The van der Waals surface area contributed by atoms with Gasteiger partial charge in [0, 0.05) is 21.1 Å². The quantitative estimate of drug-likeness (QED) is 0.475. The molecule has 0 aromatic rings. The summed E-state index contributed by atoms with van der Waals surface area (Å²) in [6, 6.07) is 0. The number of ether oxygens (including phenoxy) is 2. The molecule has 0 bridgehead atoms. The third-order valence-corrected chi connectivity index (χ3v) is 2.83. The third-order valence-electron chi connectivity index (χ3n) is 1.38. The molecule has 0 aromatic carbocycles. The van der Waals surface area contributed by atoms with Crippen LogP contribution in [0.25, 0.3) is 0 Å². The van der Waals surface area contributed by atoms with Gasteiger partial charge in [0.1, 0.15) is 0 Å². The summed E-state index contributed by atoms with van der Waals surface area (Å²) < 4.78 is 19.5. The highest BCUT2D eigenvalue weighted by Crippen LogP contribution is 2.51. The molecule has 0 aliphatic heterocycles. The van der Waals surface area contributed by atoms with Gasteiger partial charge >= 0.3 is 13.1 Å². The van der Waals surface area contributed by atoms with E-state index in [2.05, 4.69) is 9.47 Å². The average molecular weight is 198 g/mol. The maximum absolute atomic E-state index is 10.8. The van der Waals surface area contributed by atoms with E-state index in [1.165, 1.54) is 0 Å². The Morgan fingerprint density at radius 3 is 1.67 bits per heavy atom. The van der Waals surface area contributed by atoms with Gasteiger partial charge in [-0.15, -0.1) is 0 Å². The molecule has 6 nitrogen and oxygen atoms in total. The molecule has 0 rings (SSSR count). The van der Waals surface area contributed by atoms with Crippen LogP contribution >= 0.6 is 7.60 Å². The molecule has 0 aromatic heterocycles. The monoisotopic (exact) mass is 198 g/mol. The molecule has 12 heavy (non-hydrogen) atoms. The average Bonchev–Trinajstić information content (AvgIpc) is 1.87. The van der Waals surface area contributed by atoms with Gasteiger partial charge in [0.25, 0.3) is 0 Å². The molecular formula is C5H11O6P. The van der Waals surface area contributed by atoms with Crippen LogP contribution in [-0.2, 0) is 18.8 Å². The molecular weight excluding hydrogens is 187 g/mol. The molecule has 2 N–H and O–H groups in total. The SMILES string of the molecule is COC(OC)(C(C)=O)P(=O)(O)O. The van der Waals surface area contributed by atoms with Crippen LogP contribution in [0.15, 0.2) is 0 Å². The van der Waals surface area contributed by atoms with Gasteiger partial charge in [-0.25, -0.2) is 0 Å². The lowest BCUT2D eigenvalue weighted by Crippen LogP contribution is -2.40. The van der Waals surface area contributed by atoms with Crippen molar-refractivity contribution in [3.8, 4) is 0 Å². The fourth-order valence-corrected chi connectivity index (χ4v) is 1.70. The van der Waals surface area contributed by atoms with Crippen molar-refractivity contribution >= 4 is 13.4 Å². The van der Waals surface area contributed by atoms with Crippen molar-refractivity contribution < 1.29 is 28.6 Å². The van der Waals surface area contributed by atoms with Crippen LogP contribution in [-0.4, -0.2) is 35.3 Å². The van der Waals surface area contributed by atoms with Crippen LogP contribution < -0.4 is 0 Å². The zero-order valence-corrected chi connectivity index (χ0v) is 7.87. The van der Waals surface area contributed by atoms with E-state index in [-0.39, 0.29) is 0 Å². The molecule has 0 fully saturated rings. The van der Waals surface area contributed by atoms with Crippen LogP contribution in [0.1, 0.15) is 6.92 Å². The molecule has 72 valence electrons. The first-order chi connectivity index (χ1) is 5.31. The third kappa shape index (κ3) is 1.73. The van der Waals surface area contributed by atoms with Gasteiger partial charge in [0.2, 0.25) is 5.78 Å². The van der Waals surface area contributed by atoms with Gasteiger partial charge < -0.3 is 19.3 Å². The summed E-state index contributed by atoms with van der Waals surface area (Å²) in [5.41, 5.74) is -2.45. The second kappa shape index (κ2) is 3.64. The van der Waals surface area contributed by atoms with E-state index in [9.17, 15) is 9.36 Å². The highest BCUT2D eigenvalue weighted by atomic mass is 31.2. The molecule has 0 saturated carbocycles. The predicted molar refractivity (Wildman–Crippen MR) is 39.5 cm³/mol. The van der Waals surface area contributed by atoms with E-state index in [4.69, 9.17) is 9.79 Å². The van der Waals surface area contributed by atoms with Crippen molar-refractivity contribution in [3.05, 3.63) is 0 Å². The van der Waals surface area contributed by atoms with E-state index >= 15 is 0 Å². The largest absolute Gasteiger partial charge is 0.392 e. The van der Waals surface area contributed by atoms with Crippen molar-refractivity contribution in [2.75, 3.05) is 14.2 Å². The number of hydrogen-bond acceptors (Lipinski definition) is 4. The maximum Gasteiger partial charge on any atom is 0.392 e. The van der Waals surface area contributed by atoms with Gasteiger partial charge in [0.05, 0.1) is 0 Å². The van der Waals surface area contributed by atoms with E-state index in [1.54, 1.807) is 0 Å². The van der Waals surface area contributed by atoms with Crippen molar-refractivity contribution in [1.82, 2.24) is 0 Å². The molecule has 0 saturated heterocycles. The summed E-state index contributed by atoms with van der Waals surface area (Å²) in [5.74, 6) is -0.874. The molecule has 7 heteroatoms. The number of rotatable bonds is 4. The number of Topliss-reactive ketones (excluding diaryl/α,β-unsaturated/α-hetero) is 1. The Labute approximate surface area is 69.6 Å². The zero-order valence-electron chi connectivity index (χ0n) is 6.97. The Hall–Kier alpha value is -0.260. The molecule has 0 radical (unpaired) electrons. The molecule has 0 unspecified atom stereocenters. The Morgan fingerprint density at radius 1 is 1.33 bits per heavy atom. The van der Waals surface area contributed by atoms with Crippen LogP contribution in [0.3, 0.4) is 0 Å². The van der Waals surface area contributed by atoms with Gasteiger partial charge in [0.15, 0.2) is 0 Å². The van der Waals surface area contributed by atoms with Crippen molar-refractivity contribution in [2.45, 2.75) is 12.5 Å². The Bertz CT molecular complexity index is 214. The molecule has 0 atom stereocenters. The van der Waals surface area contributed by atoms with Crippen molar-refractivity contribution in [1.29, 1.82) is 0 Å². The molecule has 0 aliphatic carbocycles. The van der Waals surface area contributed by atoms with Crippen molar-refractivity contribution in [3.63, 3.8) is 0 Å². The maximum atomic E-state index is 10.8. The van der Waals surface area contributed by atoms with Gasteiger partial charge in [-0.1, -0.05) is 0 Å². The minimum absolute atomic E-state index is 0.874. The fraction of sp³-hybridized carbons (Fsp3) is 0.800. The molecule has 0 amide bonds. The topological polar surface area (TPSA) is 93.1 Å². The van der Waals surface area contributed by atoms with Crippen LogP contribution in [0.5, 0.6) is 0 Å². The molecule has 0 spiro atoms. The zero-order chi connectivity index (χ0) is 9.99. The lowest BCUT2D eigenvalue weighted by Gasteiger charge is -2.27. The van der Waals surface area contributed by atoms with Crippen LogP contribution in [0, 0.1) is 0 Å². The molecule has 0 aliphatic rings. The van der Waals surface area contributed by atoms with Crippen LogP contribution in [0.2, 0.25) is 0 Å². The predicted octanol–water partition coefficient (Wildman–Crippen LogP) is -0.300. The summed E-state index contributed by atoms with van der Waals surface area (Å²) in [5, 5.41) is 0. The Balaban J connectivity index is 5.12. The van der Waals surface area contributed by atoms with Gasteiger partial charge in [-0.2, -0.15) is 0 Å². The summed E-state index contributed by atoms with van der Waals surface area (Å²) in [4.78, 5) is 28.3. The summed E-state index contributed by atoms with van der Waals surface area (Å²) in [7, 11) is -2.78. The van der Waals surface area contributed by atoms with E-state index in [1.807, 2.05) is 0 Å². The first-order valence-corrected chi connectivity index (χ1v) is 4.60. The highest BCUT2D eigenvalue weighted by molar-refractivity contribution is 7.54. The van der Waals surface area contributed by atoms with Crippen molar-refractivity contribution in [2.24, 2.45) is 0 Å². The normalized spacial score (nSPS) is 13.1. The number of methoxy groups -OCH3 is 2. The van der Waals surface area contributed by atoms with E-state index < -0.39 is 18.9 Å². The Morgan fingerprint density at radius 2 is 1.67 bits per heavy atom. The highest BCUT2D eigenvalue weighted by Gasteiger charge is 2.53. The van der Waals surface area contributed by atoms with Gasteiger partial charge in [-0.05, 0) is 0 Å². The standard InChI is InChI=1S/C5H11O6P/c1-4(6)5(10-2,11-3)12(7,8)9/h1-3H3,(H2,7,8,9). The van der Waals surface area contributed by atoms with E-state index in [0.717, 1.165) is 21.1 Å². The van der Waals surface area contributed by atoms with Crippen LogP contribution in [0.4, 0.5) is 0 Å². The second-order valence-corrected chi connectivity index (χ2v) is 3.77. The van der Waals surface area contributed by atoms with E-state index in [0.29, 0.717) is 0 Å².